The van der Waals surface area contributed by atoms with Crippen LogP contribution in [0, 0.1) is 5.92 Å². The van der Waals surface area contributed by atoms with Crippen LogP contribution in [-0.2, 0) is 17.6 Å². The lowest BCUT2D eigenvalue weighted by atomic mass is 9.83. The fourth-order valence-electron chi connectivity index (χ4n) is 4.95. The van der Waals surface area contributed by atoms with Gasteiger partial charge in [-0.25, -0.2) is 0 Å². The number of nitrogens with one attached hydrogen (secondary N) is 2. The van der Waals surface area contributed by atoms with Gasteiger partial charge in [0.25, 0.3) is 0 Å². The van der Waals surface area contributed by atoms with Crippen LogP contribution in [0.5, 0.6) is 0 Å². The summed E-state index contributed by atoms with van der Waals surface area (Å²) in [5.41, 5.74) is 4.26. The first kappa shape index (κ1) is 22.4. The minimum absolute atomic E-state index is 0.262. The van der Waals surface area contributed by atoms with Gasteiger partial charge in [-0.15, -0.1) is 0 Å². The second-order valence-corrected chi connectivity index (χ2v) is 9.03. The number of amides is 1. The van der Waals surface area contributed by atoms with Gasteiger partial charge in [-0.05, 0) is 49.3 Å². The quantitative estimate of drug-likeness (QED) is 0.493. The molecule has 2 aliphatic rings. The molecular formula is C27H36N4O. The summed E-state index contributed by atoms with van der Waals surface area (Å²) in [4.78, 5) is 19.3. The molecule has 0 aromatic heterocycles. The summed E-state index contributed by atoms with van der Waals surface area (Å²) in [6.07, 6.45) is 5.18. The zero-order valence-electron chi connectivity index (χ0n) is 19.2. The van der Waals surface area contributed by atoms with E-state index in [1.54, 1.807) is 0 Å². The molecule has 32 heavy (non-hydrogen) atoms. The summed E-state index contributed by atoms with van der Waals surface area (Å²) >= 11 is 0. The van der Waals surface area contributed by atoms with E-state index in [-0.39, 0.29) is 5.91 Å². The lowest BCUT2D eigenvalue weighted by Gasteiger charge is -2.26. The number of nitrogens with zero attached hydrogens (tertiary/aromatic N) is 2. The Kier molecular flexibility index (Phi) is 7.81. The van der Waals surface area contributed by atoms with E-state index in [1.165, 1.54) is 36.0 Å². The molecule has 2 unspecified atom stereocenters. The van der Waals surface area contributed by atoms with Crippen LogP contribution in [0.2, 0.25) is 0 Å². The third kappa shape index (κ3) is 5.90. The van der Waals surface area contributed by atoms with E-state index in [2.05, 4.69) is 66.1 Å². The molecule has 1 saturated heterocycles. The predicted octanol–water partition coefficient (Wildman–Crippen LogP) is 3.75. The van der Waals surface area contributed by atoms with Gasteiger partial charge in [-0.3, -0.25) is 9.79 Å². The summed E-state index contributed by atoms with van der Waals surface area (Å²) in [6, 6.07) is 19.2. The second kappa shape index (κ2) is 11.2. The van der Waals surface area contributed by atoms with Crippen LogP contribution >= 0.6 is 0 Å². The van der Waals surface area contributed by atoms with Gasteiger partial charge in [-0.1, -0.05) is 54.6 Å². The highest BCUT2D eigenvalue weighted by atomic mass is 16.2. The van der Waals surface area contributed by atoms with Crippen LogP contribution in [-0.4, -0.2) is 49.5 Å². The van der Waals surface area contributed by atoms with Crippen molar-refractivity contribution >= 4 is 11.9 Å². The maximum Gasteiger partial charge on any atom is 0.223 e. The monoisotopic (exact) mass is 432 g/mol. The van der Waals surface area contributed by atoms with Crippen molar-refractivity contribution in [2.75, 3.05) is 32.7 Å². The first-order valence-corrected chi connectivity index (χ1v) is 12.1. The molecule has 0 bridgehead atoms. The van der Waals surface area contributed by atoms with Gasteiger partial charge in [0.2, 0.25) is 5.91 Å². The van der Waals surface area contributed by atoms with Gasteiger partial charge >= 0.3 is 0 Å². The van der Waals surface area contributed by atoms with Crippen molar-refractivity contribution in [3.8, 4) is 0 Å². The zero-order valence-corrected chi connectivity index (χ0v) is 19.2. The molecule has 1 aliphatic carbocycles. The van der Waals surface area contributed by atoms with Crippen molar-refractivity contribution in [1.29, 1.82) is 0 Å². The van der Waals surface area contributed by atoms with Gasteiger partial charge in [0.1, 0.15) is 0 Å². The molecule has 5 nitrogen and oxygen atoms in total. The molecule has 170 valence electrons. The Balaban J connectivity index is 1.28. The van der Waals surface area contributed by atoms with Crippen LogP contribution in [0.3, 0.4) is 0 Å². The molecule has 1 heterocycles. The third-order valence-corrected chi connectivity index (χ3v) is 6.67. The van der Waals surface area contributed by atoms with Gasteiger partial charge < -0.3 is 15.5 Å². The third-order valence-electron chi connectivity index (χ3n) is 6.67. The maximum absolute atomic E-state index is 12.5. The predicted molar refractivity (Wildman–Crippen MR) is 131 cm³/mol. The van der Waals surface area contributed by atoms with Gasteiger partial charge in [0, 0.05) is 51.0 Å². The Morgan fingerprint density at radius 2 is 1.91 bits per heavy atom. The highest BCUT2D eigenvalue weighted by Gasteiger charge is 2.29. The average molecular weight is 433 g/mol. The number of hydrogen-bond acceptors (Lipinski definition) is 2. The minimum atomic E-state index is 0.262. The summed E-state index contributed by atoms with van der Waals surface area (Å²) in [5, 5.41) is 6.94. The summed E-state index contributed by atoms with van der Waals surface area (Å²) in [7, 11) is 0. The summed E-state index contributed by atoms with van der Waals surface area (Å²) in [6.45, 7) is 6.12. The molecule has 2 N–H and O–H groups in total. The Labute approximate surface area is 192 Å². The molecule has 4 rings (SSSR count). The van der Waals surface area contributed by atoms with Gasteiger partial charge in [0.15, 0.2) is 5.96 Å². The number of aryl methyl sites for hydroxylation is 1. The van der Waals surface area contributed by atoms with Crippen molar-refractivity contribution in [1.82, 2.24) is 15.5 Å². The number of carbonyl (C=O) groups excluding carboxylic acids is 1. The topological polar surface area (TPSA) is 56.7 Å². The lowest BCUT2D eigenvalue weighted by Crippen LogP contribution is -2.40. The second-order valence-electron chi connectivity index (χ2n) is 9.03. The molecule has 2 aromatic carbocycles. The van der Waals surface area contributed by atoms with Crippen LogP contribution in [0.4, 0.5) is 0 Å². The Morgan fingerprint density at radius 3 is 2.75 bits per heavy atom. The molecule has 0 spiro atoms. The fraction of sp³-hybridized carbons (Fsp3) is 0.481. The van der Waals surface area contributed by atoms with E-state index in [0.29, 0.717) is 24.8 Å². The molecule has 1 fully saturated rings. The number of likely N-dealkylation sites (tertiary alicyclic amines) is 1. The van der Waals surface area contributed by atoms with Crippen molar-refractivity contribution in [3.05, 3.63) is 71.3 Å². The molecule has 2 aromatic rings. The SMILES string of the molecule is CCNC(=NCC1CC(=O)N(CCc2ccccc2)C1)NCC1CCCc2ccccc21. The largest absolute Gasteiger partial charge is 0.357 e. The minimum Gasteiger partial charge on any atom is -0.357 e. The first-order valence-electron chi connectivity index (χ1n) is 12.1. The maximum atomic E-state index is 12.5. The highest BCUT2D eigenvalue weighted by Crippen LogP contribution is 2.30. The highest BCUT2D eigenvalue weighted by molar-refractivity contribution is 5.80. The van der Waals surface area contributed by atoms with E-state index in [9.17, 15) is 4.79 Å². The summed E-state index contributed by atoms with van der Waals surface area (Å²) < 4.78 is 0. The van der Waals surface area contributed by atoms with E-state index in [1.807, 2.05) is 11.0 Å². The Morgan fingerprint density at radius 1 is 1.09 bits per heavy atom. The summed E-state index contributed by atoms with van der Waals surface area (Å²) in [5.74, 6) is 1.96. The number of hydrogen-bond donors (Lipinski definition) is 2. The number of rotatable bonds is 8. The van der Waals surface area contributed by atoms with E-state index >= 15 is 0 Å². The van der Waals surface area contributed by atoms with E-state index in [0.717, 1.165) is 38.6 Å². The molecule has 2 atom stereocenters. The standard InChI is InChI=1S/C27H36N4O/c1-2-28-27(30-19-24-13-8-12-23-11-6-7-14-25(23)24)29-18-22-17-26(32)31(20-22)16-15-21-9-4-3-5-10-21/h3-7,9-11,14,22,24H,2,8,12-13,15-20H2,1H3,(H2,28,29,30). The zero-order chi connectivity index (χ0) is 22.2. The molecule has 0 radical (unpaired) electrons. The number of carbonyl (C=O) groups is 1. The molecule has 5 heteroatoms. The molecule has 1 amide bonds. The lowest BCUT2D eigenvalue weighted by molar-refractivity contribution is -0.127. The first-order chi connectivity index (χ1) is 15.7. The van der Waals surface area contributed by atoms with Crippen LogP contribution in [0.15, 0.2) is 59.6 Å². The van der Waals surface area contributed by atoms with Crippen LogP contribution in [0.1, 0.15) is 48.8 Å². The molecule has 0 saturated carbocycles. The molecular weight excluding hydrogens is 396 g/mol. The normalized spacial score (nSPS) is 20.8. The number of aliphatic imine (C=N–C) groups is 1. The van der Waals surface area contributed by atoms with E-state index in [4.69, 9.17) is 4.99 Å². The average Bonchev–Trinajstić information content (AvgIpc) is 3.19. The van der Waals surface area contributed by atoms with Crippen molar-refractivity contribution in [2.24, 2.45) is 10.9 Å². The fourth-order valence-corrected chi connectivity index (χ4v) is 4.95. The van der Waals surface area contributed by atoms with Gasteiger partial charge in [0.05, 0.1) is 0 Å². The van der Waals surface area contributed by atoms with Crippen LogP contribution < -0.4 is 10.6 Å². The van der Waals surface area contributed by atoms with Crippen molar-refractivity contribution in [2.45, 2.75) is 44.9 Å². The van der Waals surface area contributed by atoms with Crippen molar-refractivity contribution in [3.63, 3.8) is 0 Å². The van der Waals surface area contributed by atoms with Crippen LogP contribution in [0.25, 0.3) is 0 Å². The molecule has 1 aliphatic heterocycles. The van der Waals surface area contributed by atoms with E-state index < -0.39 is 0 Å². The van der Waals surface area contributed by atoms with Crippen molar-refractivity contribution < 1.29 is 4.79 Å². The Bertz CT molecular complexity index is 911. The number of benzene rings is 2. The Hall–Kier alpha value is -2.82. The van der Waals surface area contributed by atoms with Gasteiger partial charge in [-0.2, -0.15) is 0 Å². The number of guanidine groups is 1. The smallest absolute Gasteiger partial charge is 0.223 e. The number of fused-ring (bicyclic) bond motifs is 1.